The normalized spacial score (nSPS) is 12.5. The molecule has 1 rings (SSSR count). The van der Waals surface area contributed by atoms with Gasteiger partial charge in [0.15, 0.2) is 0 Å². The molecule has 15 heavy (non-hydrogen) atoms. The minimum atomic E-state index is -0.380. The van der Waals surface area contributed by atoms with Crippen LogP contribution in [0.1, 0.15) is 12.8 Å². The Morgan fingerprint density at radius 3 is 2.87 bits per heavy atom. The number of benzene rings is 1. The van der Waals surface area contributed by atoms with Crippen LogP contribution >= 0.6 is 11.6 Å². The molecule has 0 saturated carbocycles. The van der Waals surface area contributed by atoms with Gasteiger partial charge in [-0.05, 0) is 31.2 Å². The lowest BCUT2D eigenvalue weighted by atomic mass is 10.2. The van der Waals surface area contributed by atoms with Crippen LogP contribution in [-0.2, 0) is 0 Å². The first-order chi connectivity index (χ1) is 7.22. The first kappa shape index (κ1) is 12.3. The van der Waals surface area contributed by atoms with E-state index in [-0.39, 0.29) is 6.10 Å². The van der Waals surface area contributed by atoms with Crippen LogP contribution in [-0.4, -0.2) is 24.4 Å². The lowest BCUT2D eigenvalue weighted by Crippen LogP contribution is -2.16. The summed E-state index contributed by atoms with van der Waals surface area (Å²) in [6.07, 6.45) is 0.817. The van der Waals surface area contributed by atoms with E-state index >= 15 is 0 Å². The molecule has 0 heterocycles. The fourth-order valence-corrected chi connectivity index (χ4v) is 1.39. The maximum atomic E-state index is 9.40. The molecule has 4 heteroatoms. The van der Waals surface area contributed by atoms with E-state index in [1.54, 1.807) is 12.1 Å². The molecule has 0 spiro atoms. The van der Waals surface area contributed by atoms with Gasteiger partial charge in [0, 0.05) is 11.4 Å². The summed E-state index contributed by atoms with van der Waals surface area (Å²) in [5.74, 6) is 0.724. The molecular weight excluding hydrogens is 214 g/mol. The number of rotatable bonds is 6. The third-order valence-corrected chi connectivity index (χ3v) is 2.25. The van der Waals surface area contributed by atoms with E-state index in [9.17, 15) is 5.11 Å². The van der Waals surface area contributed by atoms with Crippen LogP contribution in [0.25, 0.3) is 0 Å². The number of nitrogens with two attached hydrogens (primary N) is 1. The van der Waals surface area contributed by atoms with E-state index in [2.05, 4.69) is 0 Å². The molecular formula is C11H16ClNO2. The molecule has 0 aliphatic rings. The second-order valence-electron chi connectivity index (χ2n) is 3.33. The number of ether oxygens (including phenoxy) is 1. The molecule has 3 N–H and O–H groups in total. The average molecular weight is 230 g/mol. The van der Waals surface area contributed by atoms with Crippen molar-refractivity contribution in [3.05, 3.63) is 29.3 Å². The third-order valence-electron chi connectivity index (χ3n) is 2.02. The quantitative estimate of drug-likeness (QED) is 0.783. The lowest BCUT2D eigenvalue weighted by molar-refractivity contribution is 0.133. The van der Waals surface area contributed by atoms with Gasteiger partial charge in [-0.15, -0.1) is 0 Å². The van der Waals surface area contributed by atoms with Gasteiger partial charge in [-0.25, -0.2) is 0 Å². The Morgan fingerprint density at radius 2 is 2.20 bits per heavy atom. The lowest BCUT2D eigenvalue weighted by Gasteiger charge is -2.10. The standard InChI is InChI=1S/C11H16ClNO2/c12-9-2-1-3-11(8-9)15-7-5-10(14)4-6-13/h1-3,8,10,14H,4-7,13H2. The molecule has 3 nitrogen and oxygen atoms in total. The Kier molecular flexibility index (Phi) is 5.47. The summed E-state index contributed by atoms with van der Waals surface area (Å²) in [4.78, 5) is 0. The molecule has 1 aromatic rings. The highest BCUT2D eigenvalue weighted by atomic mass is 35.5. The van der Waals surface area contributed by atoms with Crippen molar-refractivity contribution in [3.8, 4) is 5.75 Å². The van der Waals surface area contributed by atoms with Crippen LogP contribution in [0.4, 0.5) is 0 Å². The van der Waals surface area contributed by atoms with Crippen molar-refractivity contribution in [3.63, 3.8) is 0 Å². The Hall–Kier alpha value is -0.770. The second kappa shape index (κ2) is 6.67. The summed E-state index contributed by atoms with van der Waals surface area (Å²) in [6.45, 7) is 0.972. The highest BCUT2D eigenvalue weighted by molar-refractivity contribution is 6.30. The van der Waals surface area contributed by atoms with Gasteiger partial charge in [-0.1, -0.05) is 17.7 Å². The summed E-state index contributed by atoms with van der Waals surface area (Å²) < 4.78 is 5.42. The van der Waals surface area contributed by atoms with E-state index in [4.69, 9.17) is 22.1 Å². The van der Waals surface area contributed by atoms with E-state index in [0.717, 1.165) is 5.75 Å². The zero-order valence-electron chi connectivity index (χ0n) is 8.53. The van der Waals surface area contributed by atoms with Gasteiger partial charge in [0.05, 0.1) is 12.7 Å². The van der Waals surface area contributed by atoms with Crippen molar-refractivity contribution in [2.24, 2.45) is 5.73 Å². The van der Waals surface area contributed by atoms with E-state index in [1.165, 1.54) is 0 Å². The highest BCUT2D eigenvalue weighted by Crippen LogP contribution is 2.17. The monoisotopic (exact) mass is 229 g/mol. The zero-order valence-corrected chi connectivity index (χ0v) is 9.28. The van der Waals surface area contributed by atoms with Crippen molar-refractivity contribution < 1.29 is 9.84 Å². The minimum Gasteiger partial charge on any atom is -0.493 e. The molecule has 0 saturated heterocycles. The second-order valence-corrected chi connectivity index (χ2v) is 3.76. The predicted octanol–water partition coefficient (Wildman–Crippen LogP) is 1.82. The van der Waals surface area contributed by atoms with Crippen LogP contribution in [0, 0.1) is 0 Å². The Balaban J connectivity index is 2.25. The summed E-state index contributed by atoms with van der Waals surface area (Å²) >= 11 is 5.79. The molecule has 0 aromatic heterocycles. The molecule has 1 atom stereocenters. The molecule has 1 unspecified atom stereocenters. The number of aliphatic hydroxyl groups is 1. The topological polar surface area (TPSA) is 55.5 Å². The molecule has 0 bridgehead atoms. The van der Waals surface area contributed by atoms with E-state index in [0.29, 0.717) is 31.0 Å². The maximum Gasteiger partial charge on any atom is 0.120 e. The van der Waals surface area contributed by atoms with Crippen LogP contribution in [0.15, 0.2) is 24.3 Å². The Labute approximate surface area is 94.8 Å². The van der Waals surface area contributed by atoms with E-state index in [1.807, 2.05) is 12.1 Å². The van der Waals surface area contributed by atoms with Crippen molar-refractivity contribution >= 4 is 11.6 Å². The van der Waals surface area contributed by atoms with Gasteiger partial charge in [0.2, 0.25) is 0 Å². The number of hydrogen-bond donors (Lipinski definition) is 2. The van der Waals surface area contributed by atoms with E-state index < -0.39 is 0 Å². The van der Waals surface area contributed by atoms with Gasteiger partial charge < -0.3 is 15.6 Å². The SMILES string of the molecule is NCCC(O)CCOc1cccc(Cl)c1. The van der Waals surface area contributed by atoms with Crippen LogP contribution in [0.3, 0.4) is 0 Å². The number of halogens is 1. The zero-order chi connectivity index (χ0) is 11.1. The molecule has 0 aliphatic heterocycles. The smallest absolute Gasteiger partial charge is 0.120 e. The number of hydrogen-bond acceptors (Lipinski definition) is 3. The van der Waals surface area contributed by atoms with Gasteiger partial charge in [-0.3, -0.25) is 0 Å². The highest BCUT2D eigenvalue weighted by Gasteiger charge is 2.02. The first-order valence-corrected chi connectivity index (χ1v) is 5.36. The Morgan fingerprint density at radius 1 is 1.40 bits per heavy atom. The van der Waals surface area contributed by atoms with Gasteiger partial charge in [-0.2, -0.15) is 0 Å². The van der Waals surface area contributed by atoms with Gasteiger partial charge >= 0.3 is 0 Å². The Bertz CT molecular complexity index is 294. The molecule has 84 valence electrons. The summed E-state index contributed by atoms with van der Waals surface area (Å²) in [6, 6.07) is 7.20. The molecule has 0 radical (unpaired) electrons. The van der Waals surface area contributed by atoms with Crippen molar-refractivity contribution in [1.29, 1.82) is 0 Å². The van der Waals surface area contributed by atoms with Crippen LogP contribution in [0.5, 0.6) is 5.75 Å². The molecule has 1 aromatic carbocycles. The van der Waals surface area contributed by atoms with Crippen molar-refractivity contribution in [2.45, 2.75) is 18.9 Å². The van der Waals surface area contributed by atoms with Crippen molar-refractivity contribution in [2.75, 3.05) is 13.2 Å². The largest absolute Gasteiger partial charge is 0.493 e. The molecule has 0 aliphatic carbocycles. The first-order valence-electron chi connectivity index (χ1n) is 4.99. The minimum absolute atomic E-state index is 0.380. The molecule has 0 amide bonds. The summed E-state index contributed by atoms with van der Waals surface area (Å²) in [5, 5.41) is 10.0. The number of aliphatic hydroxyl groups excluding tert-OH is 1. The van der Waals surface area contributed by atoms with Gasteiger partial charge in [0.25, 0.3) is 0 Å². The van der Waals surface area contributed by atoms with Gasteiger partial charge in [0.1, 0.15) is 5.75 Å². The fraction of sp³-hybridized carbons (Fsp3) is 0.455. The summed E-state index contributed by atoms with van der Waals surface area (Å²) in [7, 11) is 0. The molecule has 0 fully saturated rings. The van der Waals surface area contributed by atoms with Crippen molar-refractivity contribution in [1.82, 2.24) is 0 Å². The maximum absolute atomic E-state index is 9.40. The fourth-order valence-electron chi connectivity index (χ4n) is 1.21. The summed E-state index contributed by atoms with van der Waals surface area (Å²) in [5.41, 5.74) is 5.31. The van der Waals surface area contributed by atoms with Crippen LogP contribution < -0.4 is 10.5 Å². The van der Waals surface area contributed by atoms with Crippen LogP contribution in [0.2, 0.25) is 5.02 Å². The third kappa shape index (κ3) is 5.02. The predicted molar refractivity (Wildman–Crippen MR) is 61.2 cm³/mol. The average Bonchev–Trinajstić information content (AvgIpc) is 2.18.